The van der Waals surface area contributed by atoms with Crippen LogP contribution in [0.2, 0.25) is 0 Å². The number of rotatable bonds is 9. The monoisotopic (exact) mass is 361 g/mol. The van der Waals surface area contributed by atoms with Crippen LogP contribution in [0.4, 0.5) is 0 Å². The molecule has 3 nitrogen and oxygen atoms in total. The van der Waals surface area contributed by atoms with Gasteiger partial charge in [-0.15, -0.1) is 0 Å². The third-order valence-electron chi connectivity index (χ3n) is 3.28. The lowest BCUT2D eigenvalue weighted by atomic mass is 10.1. The van der Waals surface area contributed by atoms with Crippen molar-refractivity contribution in [1.82, 2.24) is 5.32 Å². The molecular formula is C15H24BrNO2S. The van der Waals surface area contributed by atoms with Crippen molar-refractivity contribution in [3.63, 3.8) is 0 Å². The molecule has 1 rings (SSSR count). The van der Waals surface area contributed by atoms with E-state index >= 15 is 0 Å². The van der Waals surface area contributed by atoms with Gasteiger partial charge in [0.1, 0.15) is 0 Å². The molecule has 114 valence electrons. The van der Waals surface area contributed by atoms with Crippen LogP contribution in [0.1, 0.15) is 39.5 Å². The molecule has 0 aromatic heterocycles. The second-order valence-electron chi connectivity index (χ2n) is 5.12. The minimum atomic E-state index is -3.18. The topological polar surface area (TPSA) is 46.2 Å². The van der Waals surface area contributed by atoms with Crippen LogP contribution in [0.3, 0.4) is 0 Å². The molecule has 0 aliphatic heterocycles. The van der Waals surface area contributed by atoms with Crippen molar-refractivity contribution in [3.05, 3.63) is 28.7 Å². The van der Waals surface area contributed by atoms with Crippen LogP contribution < -0.4 is 5.32 Å². The van der Waals surface area contributed by atoms with Crippen molar-refractivity contribution in [2.24, 2.45) is 0 Å². The Kier molecular flexibility index (Phi) is 7.77. The van der Waals surface area contributed by atoms with Gasteiger partial charge in [-0.25, -0.2) is 8.42 Å². The van der Waals surface area contributed by atoms with Crippen LogP contribution in [0.15, 0.2) is 33.6 Å². The summed E-state index contributed by atoms with van der Waals surface area (Å²) in [7, 11) is -3.18. The Balaban J connectivity index is 2.38. The van der Waals surface area contributed by atoms with E-state index in [9.17, 15) is 8.42 Å². The highest BCUT2D eigenvalue weighted by atomic mass is 79.9. The molecule has 0 aliphatic carbocycles. The summed E-state index contributed by atoms with van der Waals surface area (Å²) in [5, 5.41) is 3.29. The van der Waals surface area contributed by atoms with E-state index in [2.05, 4.69) is 35.1 Å². The number of nitrogens with one attached hydrogen (secondary N) is 1. The minimum Gasteiger partial charge on any atom is -0.313 e. The quantitative estimate of drug-likeness (QED) is 0.680. The first-order chi connectivity index (χ1) is 9.45. The molecule has 0 fully saturated rings. The summed E-state index contributed by atoms with van der Waals surface area (Å²) < 4.78 is 25.1. The van der Waals surface area contributed by atoms with Crippen molar-refractivity contribution in [2.75, 3.05) is 12.3 Å². The summed E-state index contributed by atoms with van der Waals surface area (Å²) >= 11 is 3.31. The number of hydrogen-bond donors (Lipinski definition) is 1. The van der Waals surface area contributed by atoms with Crippen molar-refractivity contribution in [2.45, 2.75) is 50.5 Å². The molecule has 0 aliphatic rings. The van der Waals surface area contributed by atoms with E-state index in [4.69, 9.17) is 0 Å². The molecule has 1 atom stereocenters. The first kappa shape index (κ1) is 17.7. The normalized spacial score (nSPS) is 13.3. The second-order valence-corrected chi connectivity index (χ2v) is 8.15. The largest absolute Gasteiger partial charge is 0.313 e. The van der Waals surface area contributed by atoms with E-state index in [0.717, 1.165) is 10.9 Å². The van der Waals surface area contributed by atoms with Crippen molar-refractivity contribution < 1.29 is 8.42 Å². The Morgan fingerprint density at radius 2 is 1.85 bits per heavy atom. The molecule has 1 unspecified atom stereocenters. The first-order valence-electron chi connectivity index (χ1n) is 7.17. The van der Waals surface area contributed by atoms with Crippen LogP contribution in [-0.4, -0.2) is 26.8 Å². The van der Waals surface area contributed by atoms with E-state index in [0.29, 0.717) is 17.5 Å². The second kappa shape index (κ2) is 8.80. The number of hydrogen-bond acceptors (Lipinski definition) is 3. The average molecular weight is 362 g/mol. The molecule has 5 heteroatoms. The molecule has 20 heavy (non-hydrogen) atoms. The maximum atomic E-state index is 12.1. The molecule has 1 aromatic rings. The van der Waals surface area contributed by atoms with Crippen LogP contribution in [0.5, 0.6) is 0 Å². The predicted octanol–water partition coefficient (Wildman–Crippen LogP) is 3.78. The van der Waals surface area contributed by atoms with Gasteiger partial charge in [-0.3, -0.25) is 0 Å². The highest BCUT2D eigenvalue weighted by Crippen LogP contribution is 2.15. The number of halogens is 1. The Morgan fingerprint density at radius 1 is 1.20 bits per heavy atom. The van der Waals surface area contributed by atoms with Crippen molar-refractivity contribution >= 4 is 25.8 Å². The molecule has 1 aromatic carbocycles. The van der Waals surface area contributed by atoms with E-state index < -0.39 is 9.84 Å². The average Bonchev–Trinajstić information content (AvgIpc) is 2.39. The Hall–Kier alpha value is -0.390. The summed E-state index contributed by atoms with van der Waals surface area (Å²) in [6.07, 6.45) is 4.75. The molecule has 0 amide bonds. The van der Waals surface area contributed by atoms with E-state index in [-0.39, 0.29) is 5.75 Å². The number of sulfone groups is 1. The van der Waals surface area contributed by atoms with Gasteiger partial charge < -0.3 is 5.32 Å². The summed E-state index contributed by atoms with van der Waals surface area (Å²) in [5.41, 5.74) is 0. The van der Waals surface area contributed by atoms with Gasteiger partial charge in [0.15, 0.2) is 9.84 Å². The lowest BCUT2D eigenvalue weighted by molar-refractivity contribution is 0.498. The molecule has 0 saturated heterocycles. The van der Waals surface area contributed by atoms with Gasteiger partial charge in [-0.1, -0.05) is 42.1 Å². The summed E-state index contributed by atoms with van der Waals surface area (Å²) in [6, 6.07) is 7.18. The minimum absolute atomic E-state index is 0.146. The van der Waals surface area contributed by atoms with Gasteiger partial charge >= 0.3 is 0 Å². The fourth-order valence-electron chi connectivity index (χ4n) is 2.00. The van der Waals surface area contributed by atoms with Gasteiger partial charge in [0.25, 0.3) is 0 Å². The lowest BCUT2D eigenvalue weighted by Gasteiger charge is -2.13. The lowest BCUT2D eigenvalue weighted by Crippen LogP contribution is -2.31. The smallest absolute Gasteiger partial charge is 0.179 e. The van der Waals surface area contributed by atoms with E-state index in [1.807, 2.05) is 0 Å². The van der Waals surface area contributed by atoms with E-state index in [1.54, 1.807) is 24.3 Å². The van der Waals surface area contributed by atoms with Gasteiger partial charge in [0, 0.05) is 17.1 Å². The molecule has 0 bridgehead atoms. The molecule has 1 N–H and O–H groups in total. The fourth-order valence-corrected chi connectivity index (χ4v) is 3.44. The van der Waals surface area contributed by atoms with Gasteiger partial charge in [-0.05, 0) is 37.6 Å². The van der Waals surface area contributed by atoms with Crippen LogP contribution in [0.25, 0.3) is 0 Å². The first-order valence-corrected chi connectivity index (χ1v) is 9.62. The number of unbranched alkanes of at least 4 members (excludes halogenated alkanes) is 2. The molecular weight excluding hydrogens is 338 g/mol. The number of benzene rings is 1. The maximum absolute atomic E-state index is 12.1. The summed E-state index contributed by atoms with van der Waals surface area (Å²) in [6.45, 7) is 4.80. The Labute approximate surface area is 131 Å². The standard InChI is InChI=1S/C15H24BrNO2S/c1-3-4-5-6-13(2)17-11-12-20(18,19)15-9-7-14(16)8-10-15/h7-10,13,17H,3-6,11-12H2,1-2H3. The Bertz CT molecular complexity index is 485. The van der Waals surface area contributed by atoms with Crippen LogP contribution in [-0.2, 0) is 9.84 Å². The van der Waals surface area contributed by atoms with Gasteiger partial charge in [0.05, 0.1) is 10.6 Å². The zero-order valence-electron chi connectivity index (χ0n) is 12.2. The molecule has 0 spiro atoms. The van der Waals surface area contributed by atoms with Gasteiger partial charge in [-0.2, -0.15) is 0 Å². The fraction of sp³-hybridized carbons (Fsp3) is 0.600. The molecule has 0 radical (unpaired) electrons. The zero-order chi connectivity index (χ0) is 15.0. The summed E-state index contributed by atoms with van der Waals surface area (Å²) in [4.78, 5) is 0.390. The van der Waals surface area contributed by atoms with Crippen LogP contribution in [0, 0.1) is 0 Å². The third-order valence-corrected chi connectivity index (χ3v) is 5.54. The summed E-state index contributed by atoms with van der Waals surface area (Å²) in [5.74, 6) is 0.146. The van der Waals surface area contributed by atoms with Crippen molar-refractivity contribution in [1.29, 1.82) is 0 Å². The van der Waals surface area contributed by atoms with Gasteiger partial charge in [0.2, 0.25) is 0 Å². The van der Waals surface area contributed by atoms with E-state index in [1.165, 1.54) is 19.3 Å². The highest BCUT2D eigenvalue weighted by molar-refractivity contribution is 9.10. The van der Waals surface area contributed by atoms with Crippen LogP contribution >= 0.6 is 15.9 Å². The zero-order valence-corrected chi connectivity index (χ0v) is 14.6. The predicted molar refractivity (Wildman–Crippen MR) is 87.8 cm³/mol. The maximum Gasteiger partial charge on any atom is 0.179 e. The van der Waals surface area contributed by atoms with Crippen molar-refractivity contribution in [3.8, 4) is 0 Å². The SMILES string of the molecule is CCCCCC(C)NCCS(=O)(=O)c1ccc(Br)cc1. The third kappa shape index (κ3) is 6.37. The highest BCUT2D eigenvalue weighted by Gasteiger charge is 2.14. The Morgan fingerprint density at radius 3 is 2.45 bits per heavy atom. The molecule has 0 saturated carbocycles. The molecule has 0 heterocycles.